The van der Waals surface area contributed by atoms with E-state index in [4.69, 9.17) is 16.2 Å². The Hall–Kier alpha value is -1.65. The number of hydrogen-bond donors (Lipinski definition) is 3. The van der Waals surface area contributed by atoms with Gasteiger partial charge in [0.2, 0.25) is 5.82 Å². The molecule has 1 rings (SSSR count). The van der Waals surface area contributed by atoms with E-state index < -0.39 is 17.4 Å². The molecule has 0 spiro atoms. The maximum Gasteiger partial charge on any atom is 0.200 e. The second kappa shape index (κ2) is 3.38. The van der Waals surface area contributed by atoms with Gasteiger partial charge >= 0.3 is 0 Å². The second-order valence-electron chi connectivity index (χ2n) is 2.57. The maximum absolute atomic E-state index is 12.7. The van der Waals surface area contributed by atoms with Crippen molar-refractivity contribution >= 4 is 5.84 Å². The number of rotatable bonds is 2. The van der Waals surface area contributed by atoms with E-state index >= 15 is 0 Å². The van der Waals surface area contributed by atoms with Crippen molar-refractivity contribution in [3.8, 4) is 5.75 Å². The van der Waals surface area contributed by atoms with Crippen molar-refractivity contribution in [2.45, 2.75) is 6.42 Å². The molecule has 0 aliphatic carbocycles. The van der Waals surface area contributed by atoms with E-state index in [2.05, 4.69) is 0 Å². The van der Waals surface area contributed by atoms with Crippen LogP contribution in [-0.4, -0.2) is 10.9 Å². The normalized spacial score (nSPS) is 10.0. The summed E-state index contributed by atoms with van der Waals surface area (Å²) in [5.74, 6) is -3.43. The van der Waals surface area contributed by atoms with Crippen LogP contribution in [0.2, 0.25) is 0 Å². The van der Waals surface area contributed by atoms with Crippen LogP contribution in [-0.2, 0) is 6.42 Å². The molecule has 0 unspecified atom stereocenters. The molecule has 1 aromatic rings. The fourth-order valence-corrected chi connectivity index (χ4v) is 0.928. The summed E-state index contributed by atoms with van der Waals surface area (Å²) in [5, 5.41) is 16.0. The lowest BCUT2D eigenvalue weighted by atomic mass is 10.1. The molecule has 13 heavy (non-hydrogen) atoms. The van der Waals surface area contributed by atoms with Gasteiger partial charge in [-0.2, -0.15) is 4.39 Å². The summed E-state index contributed by atoms with van der Waals surface area (Å²) in [6, 6.07) is 2.07. The number of amidine groups is 1. The minimum Gasteiger partial charge on any atom is -0.505 e. The van der Waals surface area contributed by atoms with Crippen LogP contribution in [0.25, 0.3) is 0 Å². The van der Waals surface area contributed by atoms with E-state index in [-0.39, 0.29) is 17.8 Å². The summed E-state index contributed by atoms with van der Waals surface area (Å²) in [6.45, 7) is 0. The predicted molar refractivity (Wildman–Crippen MR) is 43.6 cm³/mol. The molecule has 0 aromatic heterocycles. The van der Waals surface area contributed by atoms with Gasteiger partial charge in [-0.15, -0.1) is 0 Å². The summed E-state index contributed by atoms with van der Waals surface area (Å²) >= 11 is 0. The van der Waals surface area contributed by atoms with Crippen LogP contribution in [0.1, 0.15) is 5.56 Å². The minimum absolute atomic E-state index is 0.0942. The molecular formula is C8H8F2N2O. The average Bonchev–Trinajstić information content (AvgIpc) is 2.06. The molecule has 0 aliphatic rings. The molecule has 0 aliphatic heterocycles. The van der Waals surface area contributed by atoms with Crippen LogP contribution < -0.4 is 5.73 Å². The van der Waals surface area contributed by atoms with Crippen LogP contribution in [0.3, 0.4) is 0 Å². The van der Waals surface area contributed by atoms with Crippen LogP contribution in [0.4, 0.5) is 8.78 Å². The number of phenols is 1. The molecule has 1 aromatic carbocycles. The topological polar surface area (TPSA) is 70.1 Å². The summed E-state index contributed by atoms with van der Waals surface area (Å²) in [4.78, 5) is 0. The van der Waals surface area contributed by atoms with Gasteiger partial charge < -0.3 is 10.8 Å². The summed E-state index contributed by atoms with van der Waals surface area (Å²) in [5.41, 5.74) is 5.14. The lowest BCUT2D eigenvalue weighted by molar-refractivity contribution is 0.403. The molecule has 3 nitrogen and oxygen atoms in total. The number of halogens is 2. The smallest absolute Gasteiger partial charge is 0.200 e. The van der Waals surface area contributed by atoms with Gasteiger partial charge in [0, 0.05) is 12.0 Å². The highest BCUT2D eigenvalue weighted by molar-refractivity contribution is 5.80. The van der Waals surface area contributed by atoms with Gasteiger partial charge in [-0.25, -0.2) is 4.39 Å². The Balaban J connectivity index is 3.10. The van der Waals surface area contributed by atoms with Gasteiger partial charge in [-0.3, -0.25) is 5.41 Å². The standard InChI is InChI=1S/C8H8F2N2O/c9-5-2-1-4(3-6(11)12)8(13)7(5)10/h1-2,13H,3H2,(H3,11,12). The summed E-state index contributed by atoms with van der Waals surface area (Å²) in [7, 11) is 0. The Kier molecular flexibility index (Phi) is 2.46. The Morgan fingerprint density at radius 3 is 2.62 bits per heavy atom. The molecule has 5 heteroatoms. The predicted octanol–water partition coefficient (Wildman–Crippen LogP) is 1.15. The average molecular weight is 186 g/mol. The van der Waals surface area contributed by atoms with Gasteiger partial charge in [-0.1, -0.05) is 6.07 Å². The Labute approximate surface area is 73.3 Å². The largest absolute Gasteiger partial charge is 0.505 e. The first-order chi connectivity index (χ1) is 6.02. The monoisotopic (exact) mass is 186 g/mol. The lowest BCUT2D eigenvalue weighted by Crippen LogP contribution is -2.13. The molecule has 0 saturated heterocycles. The van der Waals surface area contributed by atoms with Crippen molar-refractivity contribution in [2.75, 3.05) is 0 Å². The molecule has 0 radical (unpaired) electrons. The van der Waals surface area contributed by atoms with E-state index in [1.165, 1.54) is 6.07 Å². The molecule has 70 valence electrons. The molecule has 0 saturated carbocycles. The number of hydrogen-bond acceptors (Lipinski definition) is 2. The third-order valence-corrected chi connectivity index (χ3v) is 1.53. The summed E-state index contributed by atoms with van der Waals surface area (Å²) in [6.07, 6.45) is -0.0942. The first kappa shape index (κ1) is 9.44. The van der Waals surface area contributed by atoms with E-state index in [9.17, 15) is 8.78 Å². The zero-order valence-electron chi connectivity index (χ0n) is 6.64. The van der Waals surface area contributed by atoms with Gasteiger partial charge in [0.1, 0.15) is 0 Å². The zero-order chi connectivity index (χ0) is 10.0. The summed E-state index contributed by atoms with van der Waals surface area (Å²) < 4.78 is 25.2. The molecular weight excluding hydrogens is 178 g/mol. The molecule has 4 N–H and O–H groups in total. The van der Waals surface area contributed by atoms with Gasteiger partial charge in [0.05, 0.1) is 5.84 Å². The van der Waals surface area contributed by atoms with E-state index in [0.717, 1.165) is 6.07 Å². The number of benzene rings is 1. The van der Waals surface area contributed by atoms with Crippen LogP contribution in [0.15, 0.2) is 12.1 Å². The van der Waals surface area contributed by atoms with Gasteiger partial charge in [-0.05, 0) is 6.07 Å². The Morgan fingerprint density at radius 2 is 2.08 bits per heavy atom. The lowest BCUT2D eigenvalue weighted by Gasteiger charge is -2.04. The van der Waals surface area contributed by atoms with Crippen molar-refractivity contribution in [1.82, 2.24) is 0 Å². The Morgan fingerprint density at radius 1 is 1.46 bits per heavy atom. The number of nitrogens with two attached hydrogens (primary N) is 1. The fraction of sp³-hybridized carbons (Fsp3) is 0.125. The second-order valence-corrected chi connectivity index (χ2v) is 2.57. The minimum atomic E-state index is -1.31. The highest BCUT2D eigenvalue weighted by Gasteiger charge is 2.12. The van der Waals surface area contributed by atoms with Crippen molar-refractivity contribution < 1.29 is 13.9 Å². The van der Waals surface area contributed by atoms with Crippen molar-refractivity contribution in [3.63, 3.8) is 0 Å². The van der Waals surface area contributed by atoms with Crippen molar-refractivity contribution in [3.05, 3.63) is 29.3 Å². The van der Waals surface area contributed by atoms with Crippen LogP contribution in [0, 0.1) is 17.0 Å². The first-order valence-electron chi connectivity index (χ1n) is 3.51. The van der Waals surface area contributed by atoms with Crippen LogP contribution >= 0.6 is 0 Å². The van der Waals surface area contributed by atoms with Crippen molar-refractivity contribution in [2.24, 2.45) is 5.73 Å². The third kappa shape index (κ3) is 1.93. The molecule has 0 amide bonds. The van der Waals surface area contributed by atoms with E-state index in [1.807, 2.05) is 0 Å². The quantitative estimate of drug-likeness (QED) is 0.479. The third-order valence-electron chi connectivity index (χ3n) is 1.53. The molecule has 0 atom stereocenters. The number of nitrogens with one attached hydrogen (secondary N) is 1. The highest BCUT2D eigenvalue weighted by Crippen LogP contribution is 2.23. The van der Waals surface area contributed by atoms with E-state index in [0.29, 0.717) is 0 Å². The SMILES string of the molecule is N=C(N)Cc1ccc(F)c(F)c1O. The maximum atomic E-state index is 12.7. The van der Waals surface area contributed by atoms with Gasteiger partial charge in [0.15, 0.2) is 11.6 Å². The van der Waals surface area contributed by atoms with Gasteiger partial charge in [0.25, 0.3) is 0 Å². The van der Waals surface area contributed by atoms with Crippen LogP contribution in [0.5, 0.6) is 5.75 Å². The molecule has 0 bridgehead atoms. The number of phenolic OH excluding ortho intramolecular Hbond substituents is 1. The fourth-order valence-electron chi connectivity index (χ4n) is 0.928. The number of aromatic hydroxyl groups is 1. The Bertz CT molecular complexity index is 352. The van der Waals surface area contributed by atoms with E-state index in [1.54, 1.807) is 0 Å². The zero-order valence-corrected chi connectivity index (χ0v) is 6.64. The molecule has 0 heterocycles. The molecule has 0 fully saturated rings. The highest BCUT2D eigenvalue weighted by atomic mass is 19.2. The first-order valence-corrected chi connectivity index (χ1v) is 3.51. The van der Waals surface area contributed by atoms with Crippen molar-refractivity contribution in [1.29, 1.82) is 5.41 Å².